The van der Waals surface area contributed by atoms with Crippen LogP contribution in [-0.2, 0) is 9.53 Å². The standard InChI is InChI=1S/C21H42O2/c1-4-6-8-10-12-13-14-16-18-20(3)23-21(22)19-17-15-11-9-7-5-2/h20H,4-19H2,1-3H3. The van der Waals surface area contributed by atoms with Crippen LogP contribution in [-0.4, -0.2) is 12.1 Å². The van der Waals surface area contributed by atoms with Crippen molar-refractivity contribution in [1.29, 1.82) is 0 Å². The van der Waals surface area contributed by atoms with Crippen molar-refractivity contribution in [3.05, 3.63) is 0 Å². The molecule has 0 N–H and O–H groups in total. The Labute approximate surface area is 145 Å². The highest BCUT2D eigenvalue weighted by Crippen LogP contribution is 2.13. The zero-order valence-corrected chi connectivity index (χ0v) is 16.2. The predicted molar refractivity (Wildman–Crippen MR) is 101 cm³/mol. The van der Waals surface area contributed by atoms with Crippen molar-refractivity contribution in [2.24, 2.45) is 0 Å². The number of hydrogen-bond donors (Lipinski definition) is 0. The van der Waals surface area contributed by atoms with Gasteiger partial charge in [0, 0.05) is 6.42 Å². The van der Waals surface area contributed by atoms with E-state index in [0.717, 1.165) is 12.8 Å². The van der Waals surface area contributed by atoms with Gasteiger partial charge in [-0.25, -0.2) is 0 Å². The molecule has 138 valence electrons. The van der Waals surface area contributed by atoms with E-state index in [4.69, 9.17) is 4.74 Å². The fourth-order valence-corrected chi connectivity index (χ4v) is 2.96. The zero-order valence-electron chi connectivity index (χ0n) is 16.2. The van der Waals surface area contributed by atoms with Gasteiger partial charge in [-0.1, -0.05) is 90.9 Å². The molecule has 1 atom stereocenters. The molecule has 0 aliphatic carbocycles. The Hall–Kier alpha value is -0.530. The first kappa shape index (κ1) is 22.5. The molecule has 1 unspecified atom stereocenters. The van der Waals surface area contributed by atoms with Gasteiger partial charge in [0.05, 0.1) is 6.10 Å². The fourth-order valence-electron chi connectivity index (χ4n) is 2.96. The van der Waals surface area contributed by atoms with E-state index in [1.54, 1.807) is 0 Å². The van der Waals surface area contributed by atoms with Crippen molar-refractivity contribution in [2.45, 2.75) is 130 Å². The Morgan fingerprint density at radius 3 is 1.65 bits per heavy atom. The second kappa shape index (κ2) is 17.8. The SMILES string of the molecule is CCCCCCCCCCC(C)OC(=O)CCCCCCCC. The molecule has 2 heteroatoms. The molecule has 0 aromatic heterocycles. The molecular weight excluding hydrogens is 284 g/mol. The van der Waals surface area contributed by atoms with Gasteiger partial charge in [-0.05, 0) is 26.2 Å². The number of hydrogen-bond acceptors (Lipinski definition) is 2. The van der Waals surface area contributed by atoms with E-state index in [1.165, 1.54) is 83.5 Å². The van der Waals surface area contributed by atoms with Gasteiger partial charge in [0.15, 0.2) is 0 Å². The third-order valence-corrected chi connectivity index (χ3v) is 4.53. The molecule has 0 bridgehead atoms. The lowest BCUT2D eigenvalue weighted by molar-refractivity contribution is -0.148. The number of rotatable bonds is 17. The van der Waals surface area contributed by atoms with Gasteiger partial charge in [0.25, 0.3) is 0 Å². The monoisotopic (exact) mass is 326 g/mol. The molecule has 0 aliphatic rings. The molecule has 0 saturated carbocycles. The minimum atomic E-state index is 0.00700. The Balaban J connectivity index is 3.33. The lowest BCUT2D eigenvalue weighted by Gasteiger charge is -2.13. The molecule has 0 aromatic carbocycles. The summed E-state index contributed by atoms with van der Waals surface area (Å²) in [7, 11) is 0. The van der Waals surface area contributed by atoms with Gasteiger partial charge in [-0.15, -0.1) is 0 Å². The number of carbonyl (C=O) groups excluding carboxylic acids is 1. The van der Waals surface area contributed by atoms with E-state index in [2.05, 4.69) is 13.8 Å². The van der Waals surface area contributed by atoms with Crippen molar-refractivity contribution in [2.75, 3.05) is 0 Å². The van der Waals surface area contributed by atoms with Gasteiger partial charge in [-0.3, -0.25) is 4.79 Å². The summed E-state index contributed by atoms with van der Waals surface area (Å²) in [5.74, 6) is 0.00700. The third kappa shape index (κ3) is 17.7. The van der Waals surface area contributed by atoms with Gasteiger partial charge in [-0.2, -0.15) is 0 Å². The summed E-state index contributed by atoms with van der Waals surface area (Å²) in [4.78, 5) is 11.8. The lowest BCUT2D eigenvalue weighted by atomic mass is 10.1. The van der Waals surface area contributed by atoms with Crippen LogP contribution in [0.2, 0.25) is 0 Å². The highest BCUT2D eigenvalue weighted by atomic mass is 16.5. The molecule has 0 rings (SSSR count). The van der Waals surface area contributed by atoms with E-state index in [9.17, 15) is 4.79 Å². The average Bonchev–Trinajstić information content (AvgIpc) is 2.53. The summed E-state index contributed by atoms with van der Waals surface area (Å²) >= 11 is 0. The zero-order chi connectivity index (χ0) is 17.2. The topological polar surface area (TPSA) is 26.3 Å². The number of ether oxygens (including phenoxy) is 1. The van der Waals surface area contributed by atoms with Crippen molar-refractivity contribution < 1.29 is 9.53 Å². The van der Waals surface area contributed by atoms with Crippen LogP contribution in [0.15, 0.2) is 0 Å². The van der Waals surface area contributed by atoms with Gasteiger partial charge in [0.2, 0.25) is 0 Å². The molecule has 23 heavy (non-hydrogen) atoms. The Bertz CT molecular complexity index is 250. The van der Waals surface area contributed by atoms with Gasteiger partial charge < -0.3 is 4.74 Å². The number of unbranched alkanes of at least 4 members (excludes halogenated alkanes) is 12. The Morgan fingerprint density at radius 2 is 1.13 bits per heavy atom. The van der Waals surface area contributed by atoms with Crippen molar-refractivity contribution in [1.82, 2.24) is 0 Å². The first-order valence-corrected chi connectivity index (χ1v) is 10.4. The first-order chi connectivity index (χ1) is 11.2. The number of esters is 1. The third-order valence-electron chi connectivity index (χ3n) is 4.53. The molecule has 0 saturated heterocycles. The van der Waals surface area contributed by atoms with Crippen LogP contribution < -0.4 is 0 Å². The quantitative estimate of drug-likeness (QED) is 0.209. The Morgan fingerprint density at radius 1 is 0.696 bits per heavy atom. The van der Waals surface area contributed by atoms with E-state index in [1.807, 2.05) is 6.92 Å². The summed E-state index contributed by atoms with van der Waals surface area (Å²) in [6.07, 6.45) is 19.7. The maximum absolute atomic E-state index is 11.8. The molecular formula is C21H42O2. The molecule has 0 fully saturated rings. The summed E-state index contributed by atoms with van der Waals surface area (Å²) in [5.41, 5.74) is 0. The molecule has 0 amide bonds. The van der Waals surface area contributed by atoms with Crippen LogP contribution in [0.25, 0.3) is 0 Å². The molecule has 0 aliphatic heterocycles. The maximum atomic E-state index is 11.8. The highest BCUT2D eigenvalue weighted by molar-refractivity contribution is 5.69. The summed E-state index contributed by atoms with van der Waals surface area (Å²) in [6, 6.07) is 0. The minimum absolute atomic E-state index is 0.00700. The van der Waals surface area contributed by atoms with E-state index >= 15 is 0 Å². The summed E-state index contributed by atoms with van der Waals surface area (Å²) in [5, 5.41) is 0. The summed E-state index contributed by atoms with van der Waals surface area (Å²) in [6.45, 7) is 6.53. The van der Waals surface area contributed by atoms with Crippen LogP contribution in [0.3, 0.4) is 0 Å². The molecule has 0 spiro atoms. The van der Waals surface area contributed by atoms with E-state index in [-0.39, 0.29) is 12.1 Å². The maximum Gasteiger partial charge on any atom is 0.306 e. The lowest BCUT2D eigenvalue weighted by Crippen LogP contribution is -2.14. The second-order valence-electron chi connectivity index (χ2n) is 7.08. The molecule has 0 aromatic rings. The van der Waals surface area contributed by atoms with Crippen LogP contribution in [0.4, 0.5) is 0 Å². The summed E-state index contributed by atoms with van der Waals surface area (Å²) < 4.78 is 5.50. The van der Waals surface area contributed by atoms with Crippen LogP contribution in [0.5, 0.6) is 0 Å². The van der Waals surface area contributed by atoms with Gasteiger partial charge >= 0.3 is 5.97 Å². The smallest absolute Gasteiger partial charge is 0.306 e. The van der Waals surface area contributed by atoms with Gasteiger partial charge in [0.1, 0.15) is 0 Å². The van der Waals surface area contributed by atoms with Crippen molar-refractivity contribution in [3.8, 4) is 0 Å². The van der Waals surface area contributed by atoms with Crippen LogP contribution in [0.1, 0.15) is 124 Å². The molecule has 2 nitrogen and oxygen atoms in total. The predicted octanol–water partition coefficient (Wildman–Crippen LogP) is 7.20. The normalized spacial score (nSPS) is 12.3. The van der Waals surface area contributed by atoms with Crippen LogP contribution in [0, 0.1) is 0 Å². The average molecular weight is 327 g/mol. The molecule has 0 heterocycles. The second-order valence-corrected chi connectivity index (χ2v) is 7.08. The highest BCUT2D eigenvalue weighted by Gasteiger charge is 2.08. The number of carbonyl (C=O) groups is 1. The fraction of sp³-hybridized carbons (Fsp3) is 0.952. The van der Waals surface area contributed by atoms with E-state index < -0.39 is 0 Å². The minimum Gasteiger partial charge on any atom is -0.463 e. The van der Waals surface area contributed by atoms with E-state index in [0.29, 0.717) is 6.42 Å². The Kier molecular flexibility index (Phi) is 17.4. The van der Waals surface area contributed by atoms with Crippen molar-refractivity contribution in [3.63, 3.8) is 0 Å². The van der Waals surface area contributed by atoms with Crippen molar-refractivity contribution >= 4 is 5.97 Å². The first-order valence-electron chi connectivity index (χ1n) is 10.4. The van der Waals surface area contributed by atoms with Crippen LogP contribution >= 0.6 is 0 Å². The molecule has 0 radical (unpaired) electrons. The largest absolute Gasteiger partial charge is 0.463 e.